The van der Waals surface area contributed by atoms with Crippen LogP contribution in [0.15, 0.2) is 36.9 Å². The van der Waals surface area contributed by atoms with Gasteiger partial charge >= 0.3 is 0 Å². The molecule has 1 aliphatic rings. The fourth-order valence-electron chi connectivity index (χ4n) is 2.29. The monoisotopic (exact) mass is 272 g/mol. The molecule has 0 aliphatic carbocycles. The molecular weight excluding hydrogens is 252 g/mol. The van der Waals surface area contributed by atoms with Crippen molar-refractivity contribution in [2.45, 2.75) is 32.1 Å². The fourth-order valence-corrected chi connectivity index (χ4v) is 2.29. The smallest absolute Gasteiger partial charge is 0.226 e. The summed E-state index contributed by atoms with van der Waals surface area (Å²) in [5.74, 6) is 0.124. The van der Waals surface area contributed by atoms with Crippen molar-refractivity contribution in [3.8, 4) is 0 Å². The molecule has 20 heavy (non-hydrogen) atoms. The SMILES string of the molecule is C=CCCC(=O)Nc1cccc(N2CCCCC2=O)c1. The van der Waals surface area contributed by atoms with Crippen LogP contribution >= 0.6 is 0 Å². The summed E-state index contributed by atoms with van der Waals surface area (Å²) < 4.78 is 0. The van der Waals surface area contributed by atoms with Crippen molar-refractivity contribution >= 4 is 23.2 Å². The molecule has 1 fully saturated rings. The van der Waals surface area contributed by atoms with Gasteiger partial charge in [0, 0.05) is 30.8 Å². The predicted molar refractivity (Wildman–Crippen MR) is 80.7 cm³/mol. The first-order chi connectivity index (χ1) is 9.70. The lowest BCUT2D eigenvalue weighted by atomic mass is 10.1. The number of anilines is 2. The molecule has 2 rings (SSSR count). The Balaban J connectivity index is 2.05. The van der Waals surface area contributed by atoms with Crippen molar-refractivity contribution in [3.63, 3.8) is 0 Å². The van der Waals surface area contributed by atoms with E-state index in [1.54, 1.807) is 11.0 Å². The first-order valence-corrected chi connectivity index (χ1v) is 7.02. The van der Waals surface area contributed by atoms with E-state index >= 15 is 0 Å². The van der Waals surface area contributed by atoms with Gasteiger partial charge in [0.25, 0.3) is 0 Å². The normalized spacial score (nSPS) is 15.0. The number of rotatable bonds is 5. The number of carbonyl (C=O) groups is 2. The zero-order valence-corrected chi connectivity index (χ0v) is 11.6. The minimum absolute atomic E-state index is 0.0352. The number of nitrogens with zero attached hydrogens (tertiary/aromatic N) is 1. The third-order valence-corrected chi connectivity index (χ3v) is 3.34. The first-order valence-electron chi connectivity index (χ1n) is 7.02. The van der Waals surface area contributed by atoms with Crippen LogP contribution in [0.2, 0.25) is 0 Å². The van der Waals surface area contributed by atoms with E-state index in [0.29, 0.717) is 19.3 Å². The van der Waals surface area contributed by atoms with Crippen LogP contribution in [0.1, 0.15) is 32.1 Å². The topological polar surface area (TPSA) is 49.4 Å². The molecule has 4 heteroatoms. The lowest BCUT2D eigenvalue weighted by Gasteiger charge is -2.27. The van der Waals surface area contributed by atoms with Gasteiger partial charge in [0.1, 0.15) is 0 Å². The van der Waals surface area contributed by atoms with Gasteiger partial charge in [-0.3, -0.25) is 9.59 Å². The van der Waals surface area contributed by atoms with Crippen molar-refractivity contribution in [1.82, 2.24) is 0 Å². The maximum Gasteiger partial charge on any atom is 0.226 e. The van der Waals surface area contributed by atoms with Gasteiger partial charge in [0.05, 0.1) is 0 Å². The minimum atomic E-state index is -0.0352. The van der Waals surface area contributed by atoms with E-state index in [2.05, 4.69) is 11.9 Å². The molecule has 1 saturated heterocycles. The van der Waals surface area contributed by atoms with Gasteiger partial charge in [-0.1, -0.05) is 12.1 Å². The summed E-state index contributed by atoms with van der Waals surface area (Å²) in [7, 11) is 0. The molecule has 0 saturated carbocycles. The molecule has 1 aromatic carbocycles. The molecular formula is C16H20N2O2. The van der Waals surface area contributed by atoms with Crippen LogP contribution < -0.4 is 10.2 Å². The van der Waals surface area contributed by atoms with Gasteiger partial charge in [0.2, 0.25) is 11.8 Å². The molecule has 0 radical (unpaired) electrons. The van der Waals surface area contributed by atoms with Crippen LogP contribution in [0.5, 0.6) is 0 Å². The molecule has 4 nitrogen and oxygen atoms in total. The Hall–Kier alpha value is -2.10. The Labute approximate surface area is 119 Å². The Morgan fingerprint density at radius 2 is 2.25 bits per heavy atom. The third kappa shape index (κ3) is 3.70. The van der Waals surface area contributed by atoms with Gasteiger partial charge in [-0.25, -0.2) is 0 Å². The number of nitrogens with one attached hydrogen (secondary N) is 1. The Morgan fingerprint density at radius 1 is 1.40 bits per heavy atom. The molecule has 1 aromatic rings. The summed E-state index contributed by atoms with van der Waals surface area (Å²) in [6.45, 7) is 4.36. The Bertz CT molecular complexity index is 511. The average molecular weight is 272 g/mol. The van der Waals surface area contributed by atoms with E-state index in [0.717, 1.165) is 30.8 Å². The van der Waals surface area contributed by atoms with E-state index in [-0.39, 0.29) is 11.8 Å². The van der Waals surface area contributed by atoms with Crippen molar-refractivity contribution in [3.05, 3.63) is 36.9 Å². The van der Waals surface area contributed by atoms with Crippen LogP contribution in [0.4, 0.5) is 11.4 Å². The lowest BCUT2D eigenvalue weighted by Crippen LogP contribution is -2.35. The number of allylic oxidation sites excluding steroid dienone is 1. The van der Waals surface area contributed by atoms with Crippen LogP contribution in [0, 0.1) is 0 Å². The number of amides is 2. The van der Waals surface area contributed by atoms with Gasteiger partial charge in [0.15, 0.2) is 0 Å². The lowest BCUT2D eigenvalue weighted by molar-refractivity contribution is -0.119. The van der Waals surface area contributed by atoms with Crippen molar-refractivity contribution < 1.29 is 9.59 Å². The van der Waals surface area contributed by atoms with E-state index < -0.39 is 0 Å². The Kier molecular flexibility index (Phi) is 4.93. The summed E-state index contributed by atoms with van der Waals surface area (Å²) in [6.07, 6.45) is 5.42. The summed E-state index contributed by atoms with van der Waals surface area (Å²) in [5, 5.41) is 2.85. The molecule has 0 bridgehead atoms. The molecule has 0 unspecified atom stereocenters. The van der Waals surface area contributed by atoms with Gasteiger partial charge in [-0.05, 0) is 37.5 Å². The summed E-state index contributed by atoms with van der Waals surface area (Å²) >= 11 is 0. The molecule has 1 aliphatic heterocycles. The number of carbonyl (C=O) groups excluding carboxylic acids is 2. The molecule has 1 N–H and O–H groups in total. The van der Waals surface area contributed by atoms with E-state index in [1.807, 2.05) is 24.3 Å². The second kappa shape index (κ2) is 6.89. The highest BCUT2D eigenvalue weighted by Gasteiger charge is 2.19. The summed E-state index contributed by atoms with van der Waals surface area (Å²) in [5.41, 5.74) is 1.59. The Morgan fingerprint density at radius 3 is 3.00 bits per heavy atom. The first kappa shape index (κ1) is 14.3. The molecule has 1 heterocycles. The number of hydrogen-bond donors (Lipinski definition) is 1. The molecule has 0 aromatic heterocycles. The van der Waals surface area contributed by atoms with E-state index in [1.165, 1.54) is 0 Å². The largest absolute Gasteiger partial charge is 0.326 e. The van der Waals surface area contributed by atoms with Crippen molar-refractivity contribution in [2.75, 3.05) is 16.8 Å². The highest BCUT2D eigenvalue weighted by atomic mass is 16.2. The molecule has 0 atom stereocenters. The zero-order chi connectivity index (χ0) is 14.4. The van der Waals surface area contributed by atoms with Crippen LogP contribution in [0.3, 0.4) is 0 Å². The maximum atomic E-state index is 11.9. The number of benzene rings is 1. The highest BCUT2D eigenvalue weighted by molar-refractivity contribution is 5.96. The van der Waals surface area contributed by atoms with Gasteiger partial charge in [-0.2, -0.15) is 0 Å². The van der Waals surface area contributed by atoms with Gasteiger partial charge in [-0.15, -0.1) is 6.58 Å². The fraction of sp³-hybridized carbons (Fsp3) is 0.375. The number of hydrogen-bond acceptors (Lipinski definition) is 2. The molecule has 0 spiro atoms. The second-order valence-electron chi connectivity index (χ2n) is 4.93. The summed E-state index contributed by atoms with van der Waals surface area (Å²) in [4.78, 5) is 25.4. The maximum absolute atomic E-state index is 11.9. The average Bonchev–Trinajstić information content (AvgIpc) is 2.46. The third-order valence-electron chi connectivity index (χ3n) is 3.34. The quantitative estimate of drug-likeness (QED) is 0.837. The predicted octanol–water partition coefficient (Wildman–Crippen LogP) is 3.11. The van der Waals surface area contributed by atoms with Crippen LogP contribution in [0.25, 0.3) is 0 Å². The van der Waals surface area contributed by atoms with Crippen LogP contribution in [-0.2, 0) is 9.59 Å². The molecule has 106 valence electrons. The minimum Gasteiger partial charge on any atom is -0.326 e. The highest BCUT2D eigenvalue weighted by Crippen LogP contribution is 2.23. The zero-order valence-electron chi connectivity index (χ0n) is 11.6. The van der Waals surface area contributed by atoms with E-state index in [4.69, 9.17) is 0 Å². The van der Waals surface area contributed by atoms with E-state index in [9.17, 15) is 9.59 Å². The van der Waals surface area contributed by atoms with Crippen LogP contribution in [-0.4, -0.2) is 18.4 Å². The summed E-state index contributed by atoms with van der Waals surface area (Å²) in [6, 6.07) is 7.46. The van der Waals surface area contributed by atoms with Crippen molar-refractivity contribution in [1.29, 1.82) is 0 Å². The standard InChI is InChI=1S/C16H20N2O2/c1-2-3-9-15(19)17-13-7-6-8-14(12-13)18-11-5-4-10-16(18)20/h2,6-8,12H,1,3-5,9-11H2,(H,17,19). The van der Waals surface area contributed by atoms with Gasteiger partial charge < -0.3 is 10.2 Å². The second-order valence-corrected chi connectivity index (χ2v) is 4.93. The number of piperidine rings is 1. The molecule has 2 amide bonds. The van der Waals surface area contributed by atoms with Crippen molar-refractivity contribution in [2.24, 2.45) is 0 Å².